The van der Waals surface area contributed by atoms with E-state index in [4.69, 9.17) is 23.2 Å². The number of anilines is 1. The molecule has 2 aromatic carbocycles. The summed E-state index contributed by atoms with van der Waals surface area (Å²) < 4.78 is 2.52. The smallest absolute Gasteiger partial charge is 0.208 e. The zero-order valence-corrected chi connectivity index (χ0v) is 18.5. The molecule has 0 bridgehead atoms. The van der Waals surface area contributed by atoms with E-state index in [-0.39, 0.29) is 0 Å². The van der Waals surface area contributed by atoms with Crippen molar-refractivity contribution in [1.82, 2.24) is 0 Å². The van der Waals surface area contributed by atoms with E-state index in [1.165, 1.54) is 65.2 Å². The van der Waals surface area contributed by atoms with Crippen LogP contribution in [0.4, 0.5) is 11.4 Å². The van der Waals surface area contributed by atoms with Gasteiger partial charge >= 0.3 is 0 Å². The van der Waals surface area contributed by atoms with Crippen LogP contribution in [0.2, 0.25) is 10.0 Å². The number of rotatable bonds is 1. The van der Waals surface area contributed by atoms with Crippen LogP contribution >= 0.6 is 23.2 Å². The van der Waals surface area contributed by atoms with E-state index < -0.39 is 0 Å². The third-order valence-corrected chi connectivity index (χ3v) is 7.67. The number of hydrogen-bond acceptors (Lipinski definition) is 1. The van der Waals surface area contributed by atoms with E-state index in [0.29, 0.717) is 5.92 Å². The normalized spacial score (nSPS) is 24.9. The Bertz CT molecular complexity index is 1140. The lowest BCUT2D eigenvalue weighted by molar-refractivity contribution is -0.429. The quantitative estimate of drug-likeness (QED) is 0.450. The largest absolute Gasteiger partial charge is 0.345 e. The van der Waals surface area contributed by atoms with Gasteiger partial charge in [0.2, 0.25) is 5.69 Å². The van der Waals surface area contributed by atoms with Crippen LogP contribution in [0.1, 0.15) is 36.8 Å². The molecule has 0 fully saturated rings. The molecule has 0 N–H and O–H groups in total. The third-order valence-electron chi connectivity index (χ3n) is 7.20. The summed E-state index contributed by atoms with van der Waals surface area (Å²) in [5, 5.41) is 1.68. The van der Waals surface area contributed by atoms with Crippen molar-refractivity contribution in [3.8, 4) is 0 Å². The number of fused-ring (bicyclic) bond motifs is 3. The first kappa shape index (κ1) is 18.7. The molecule has 4 heteroatoms. The van der Waals surface area contributed by atoms with Gasteiger partial charge in [-0.2, -0.15) is 4.58 Å². The fourth-order valence-electron chi connectivity index (χ4n) is 5.69. The summed E-state index contributed by atoms with van der Waals surface area (Å²) in [6, 6.07) is 12.7. The van der Waals surface area contributed by atoms with Gasteiger partial charge in [-0.3, -0.25) is 0 Å². The molecule has 0 saturated carbocycles. The molecule has 30 heavy (non-hydrogen) atoms. The number of nitrogens with zero attached hydrogens (tertiary/aromatic N) is 2. The first-order valence-electron chi connectivity index (χ1n) is 11.1. The minimum Gasteiger partial charge on any atom is -0.345 e. The van der Waals surface area contributed by atoms with Crippen LogP contribution < -0.4 is 4.90 Å². The average molecular weight is 436 g/mol. The molecule has 2 heterocycles. The summed E-state index contributed by atoms with van der Waals surface area (Å²) in [6.07, 6.45) is 12.0. The molecule has 152 valence electrons. The van der Waals surface area contributed by atoms with Crippen molar-refractivity contribution in [3.05, 3.63) is 81.0 Å². The SMILES string of the molecule is Clc1ccc2c(c1)CCN2C1=CC2=C/C(=[N+]3\CCc4cc(Cl)ccc43)CCC2CC1. The Hall–Kier alpha value is -2.03. The molecule has 6 rings (SSSR count). The van der Waals surface area contributed by atoms with Crippen molar-refractivity contribution < 1.29 is 4.58 Å². The summed E-state index contributed by atoms with van der Waals surface area (Å²) in [5.41, 5.74) is 9.89. The highest BCUT2D eigenvalue weighted by molar-refractivity contribution is 6.31. The second-order valence-corrected chi connectivity index (χ2v) is 9.77. The molecule has 2 nitrogen and oxygen atoms in total. The highest BCUT2D eigenvalue weighted by Crippen LogP contribution is 2.41. The molecule has 0 spiro atoms. The number of hydrogen-bond donors (Lipinski definition) is 0. The van der Waals surface area contributed by atoms with Gasteiger partial charge in [-0.25, -0.2) is 0 Å². The van der Waals surface area contributed by atoms with Crippen LogP contribution in [0.5, 0.6) is 0 Å². The van der Waals surface area contributed by atoms with Gasteiger partial charge in [-0.1, -0.05) is 23.2 Å². The standard InChI is InChI=1S/C26H25Cl2N2/c27-21-3-7-25-18(13-21)9-11-29(25)23-5-1-17-2-6-24(16-20(17)15-23)30-12-10-19-14-22(28)4-8-26(19)30/h3-4,7-8,13-17H,1-2,5-6,9-12H2/q+1. The van der Waals surface area contributed by atoms with Gasteiger partial charge in [0.25, 0.3) is 0 Å². The zero-order valence-electron chi connectivity index (χ0n) is 17.0. The number of benzene rings is 2. The highest BCUT2D eigenvalue weighted by Gasteiger charge is 2.33. The van der Waals surface area contributed by atoms with Gasteiger partial charge in [-0.15, -0.1) is 0 Å². The first-order valence-corrected chi connectivity index (χ1v) is 11.8. The molecular weight excluding hydrogens is 411 g/mol. The summed E-state index contributed by atoms with van der Waals surface area (Å²) >= 11 is 12.4. The Morgan fingerprint density at radius 2 is 1.63 bits per heavy atom. The maximum Gasteiger partial charge on any atom is 0.208 e. The number of allylic oxidation sites excluding steroid dienone is 4. The van der Waals surface area contributed by atoms with Crippen LogP contribution in [0.15, 0.2) is 59.8 Å². The van der Waals surface area contributed by atoms with Crippen molar-refractivity contribution >= 4 is 40.3 Å². The van der Waals surface area contributed by atoms with Crippen LogP contribution in [-0.4, -0.2) is 23.4 Å². The summed E-state index contributed by atoms with van der Waals surface area (Å²) in [5.74, 6) is 0.706. The fourth-order valence-corrected chi connectivity index (χ4v) is 6.08. The third kappa shape index (κ3) is 3.13. The Balaban J connectivity index is 1.36. The molecule has 0 amide bonds. The Morgan fingerprint density at radius 3 is 2.53 bits per heavy atom. The fraction of sp³-hybridized carbons (Fsp3) is 0.346. The van der Waals surface area contributed by atoms with E-state index in [1.807, 2.05) is 12.1 Å². The molecule has 0 radical (unpaired) electrons. The molecule has 2 aromatic rings. The topological polar surface area (TPSA) is 6.25 Å². The minimum atomic E-state index is 0.706. The minimum absolute atomic E-state index is 0.706. The molecule has 4 aliphatic rings. The van der Waals surface area contributed by atoms with E-state index in [9.17, 15) is 0 Å². The van der Waals surface area contributed by atoms with Crippen LogP contribution in [0.25, 0.3) is 0 Å². The average Bonchev–Trinajstić information content (AvgIpc) is 3.36. The monoisotopic (exact) mass is 435 g/mol. The zero-order chi connectivity index (χ0) is 20.2. The Kier molecular flexibility index (Phi) is 4.54. The lowest BCUT2D eigenvalue weighted by Crippen LogP contribution is -2.27. The van der Waals surface area contributed by atoms with Crippen molar-refractivity contribution in [2.24, 2.45) is 5.92 Å². The van der Waals surface area contributed by atoms with Gasteiger partial charge in [0.05, 0.1) is 0 Å². The van der Waals surface area contributed by atoms with Crippen LogP contribution in [-0.2, 0) is 12.8 Å². The summed E-state index contributed by atoms with van der Waals surface area (Å²) in [6.45, 7) is 2.13. The van der Waals surface area contributed by atoms with Gasteiger partial charge < -0.3 is 4.90 Å². The number of halogens is 2. The molecule has 0 saturated heterocycles. The lowest BCUT2D eigenvalue weighted by atomic mass is 9.79. The Morgan fingerprint density at radius 1 is 0.833 bits per heavy atom. The molecule has 2 aliphatic carbocycles. The summed E-state index contributed by atoms with van der Waals surface area (Å²) in [4.78, 5) is 2.52. The second-order valence-electron chi connectivity index (χ2n) is 8.89. The van der Waals surface area contributed by atoms with Gasteiger partial charge in [-0.05, 0) is 79.1 Å². The van der Waals surface area contributed by atoms with E-state index in [2.05, 4.69) is 45.9 Å². The van der Waals surface area contributed by atoms with Gasteiger partial charge in [0, 0.05) is 58.5 Å². The Labute approximate surface area is 188 Å². The highest BCUT2D eigenvalue weighted by atomic mass is 35.5. The van der Waals surface area contributed by atoms with Crippen molar-refractivity contribution in [1.29, 1.82) is 0 Å². The van der Waals surface area contributed by atoms with Crippen LogP contribution in [0.3, 0.4) is 0 Å². The van der Waals surface area contributed by atoms with Crippen LogP contribution in [0, 0.1) is 5.92 Å². The van der Waals surface area contributed by atoms with Crippen molar-refractivity contribution in [2.75, 3.05) is 18.0 Å². The first-order chi connectivity index (χ1) is 14.7. The van der Waals surface area contributed by atoms with Gasteiger partial charge in [0.1, 0.15) is 0 Å². The predicted octanol–water partition coefficient (Wildman–Crippen LogP) is 6.71. The molecule has 0 aromatic heterocycles. The summed E-state index contributed by atoms with van der Waals surface area (Å²) in [7, 11) is 0. The van der Waals surface area contributed by atoms with E-state index >= 15 is 0 Å². The van der Waals surface area contributed by atoms with Gasteiger partial charge in [0.15, 0.2) is 12.3 Å². The predicted molar refractivity (Wildman–Crippen MR) is 126 cm³/mol. The molecular formula is C26H25Cl2N2+. The maximum absolute atomic E-state index is 6.21. The second kappa shape index (κ2) is 7.28. The lowest BCUT2D eigenvalue weighted by Gasteiger charge is -2.32. The molecule has 1 atom stereocenters. The van der Waals surface area contributed by atoms with Crippen molar-refractivity contribution in [2.45, 2.75) is 38.5 Å². The maximum atomic E-state index is 6.21. The van der Waals surface area contributed by atoms with Crippen molar-refractivity contribution in [3.63, 3.8) is 0 Å². The van der Waals surface area contributed by atoms with E-state index in [0.717, 1.165) is 36.0 Å². The molecule has 2 aliphatic heterocycles. The van der Waals surface area contributed by atoms with E-state index in [1.54, 1.807) is 0 Å². The molecule has 1 unspecified atom stereocenters.